The van der Waals surface area contributed by atoms with E-state index in [1.165, 1.54) is 0 Å². The molecule has 0 aliphatic heterocycles. The second-order valence-electron chi connectivity index (χ2n) is 0.801. The van der Waals surface area contributed by atoms with Gasteiger partial charge in [0.1, 0.15) is 0 Å². The number of nitrogens with two attached hydrogens (primary N) is 1. The molecule has 0 aromatic heterocycles. The SMILES string of the molecule is NCCO.[Cu].[O-]B([O-])[O-]. The zero-order valence-electron chi connectivity index (χ0n) is 4.54. The van der Waals surface area contributed by atoms with Gasteiger partial charge < -0.3 is 25.9 Å². The molecule has 0 aliphatic carbocycles. The predicted octanol–water partition coefficient (Wildman–Crippen LogP) is -5.01. The summed E-state index contributed by atoms with van der Waals surface area (Å²) in [6, 6.07) is 0. The third-order valence-corrected chi connectivity index (χ3v) is 0.129. The molecule has 0 bridgehead atoms. The summed E-state index contributed by atoms with van der Waals surface area (Å²) in [6.45, 7) is 0.472. The summed E-state index contributed by atoms with van der Waals surface area (Å²) in [4.78, 5) is 0. The summed E-state index contributed by atoms with van der Waals surface area (Å²) in [7, 11) is -2.92. The van der Waals surface area contributed by atoms with Crippen LogP contribution in [0.1, 0.15) is 0 Å². The Hall–Kier alpha value is 0.384. The van der Waals surface area contributed by atoms with Crippen molar-refractivity contribution in [1.29, 1.82) is 0 Å². The Kier molecular flexibility index (Phi) is 28.4. The van der Waals surface area contributed by atoms with Gasteiger partial charge in [-0.15, -0.1) is 0 Å². The molecule has 5 nitrogen and oxygen atoms in total. The van der Waals surface area contributed by atoms with Gasteiger partial charge in [-0.05, 0) is 0 Å². The molecule has 0 amide bonds. The van der Waals surface area contributed by atoms with Gasteiger partial charge in [-0.2, -0.15) is 0 Å². The molecule has 0 unspecified atom stereocenters. The van der Waals surface area contributed by atoms with E-state index in [2.05, 4.69) is 0 Å². The Morgan fingerprint density at radius 1 is 1.33 bits per heavy atom. The summed E-state index contributed by atoms with van der Waals surface area (Å²) in [6.07, 6.45) is 0. The maximum absolute atomic E-state index is 8.42. The molecule has 0 aromatic carbocycles. The van der Waals surface area contributed by atoms with Gasteiger partial charge in [0.05, 0.1) is 6.61 Å². The van der Waals surface area contributed by atoms with Crippen molar-refractivity contribution < 1.29 is 37.2 Å². The number of aliphatic hydroxyl groups excluding tert-OH is 1. The summed E-state index contributed by atoms with van der Waals surface area (Å²) in [5.41, 5.74) is 4.78. The zero-order valence-corrected chi connectivity index (χ0v) is 5.48. The Balaban J connectivity index is -0.0000000720. The van der Waals surface area contributed by atoms with E-state index in [0.717, 1.165) is 0 Å². The van der Waals surface area contributed by atoms with Gasteiger partial charge in [0, 0.05) is 23.6 Å². The fourth-order valence-corrected chi connectivity index (χ4v) is 0. The van der Waals surface area contributed by atoms with Crippen LogP contribution in [0.3, 0.4) is 0 Å². The molecule has 3 N–H and O–H groups in total. The first-order valence-corrected chi connectivity index (χ1v) is 1.93. The quantitative estimate of drug-likeness (QED) is 0.395. The Morgan fingerprint density at radius 3 is 1.44 bits per heavy atom. The molecule has 9 heavy (non-hydrogen) atoms. The second kappa shape index (κ2) is 15.8. The molecule has 1 radical (unpaired) electrons. The first-order chi connectivity index (χ1) is 3.65. The maximum atomic E-state index is 8.42. The summed E-state index contributed by atoms with van der Waals surface area (Å²) in [5, 5.41) is 33.0. The number of hydrogen-bond donors (Lipinski definition) is 2. The van der Waals surface area contributed by atoms with E-state index in [4.69, 9.17) is 25.9 Å². The summed E-state index contributed by atoms with van der Waals surface area (Å²) in [5.74, 6) is 0. The van der Waals surface area contributed by atoms with Crippen molar-refractivity contribution in [3.05, 3.63) is 0 Å². The van der Waals surface area contributed by atoms with Crippen molar-refractivity contribution in [3.8, 4) is 0 Å². The van der Waals surface area contributed by atoms with Crippen molar-refractivity contribution in [2.45, 2.75) is 0 Å². The smallest absolute Gasteiger partial charge is 0.0553 e. The average molecular weight is 183 g/mol. The molecule has 0 saturated heterocycles. The standard InChI is InChI=1S/C2H7NO.BO3.Cu/c3-1-2-4;2-1(3)4;/h4H,1-3H2;;/q;-3;. The zero-order chi connectivity index (χ0) is 6.99. The topological polar surface area (TPSA) is 115 Å². The van der Waals surface area contributed by atoms with Crippen LogP contribution in [-0.2, 0) is 17.1 Å². The molecule has 61 valence electrons. The van der Waals surface area contributed by atoms with Crippen LogP contribution in [-0.4, -0.2) is 25.6 Å². The minimum absolute atomic E-state index is 0. The maximum Gasteiger partial charge on any atom is 0.0553 e. The molecule has 7 heteroatoms. The number of aliphatic hydroxyl groups is 1. The minimum atomic E-state index is -2.92. The van der Waals surface area contributed by atoms with Crippen molar-refractivity contribution in [3.63, 3.8) is 0 Å². The van der Waals surface area contributed by atoms with Gasteiger partial charge in [-0.3, -0.25) is 7.32 Å². The van der Waals surface area contributed by atoms with E-state index >= 15 is 0 Å². The summed E-state index contributed by atoms with van der Waals surface area (Å²) >= 11 is 0. The molecule has 0 spiro atoms. The van der Waals surface area contributed by atoms with Crippen molar-refractivity contribution in [2.75, 3.05) is 13.2 Å². The molecule has 0 saturated carbocycles. The normalized spacial score (nSPS) is 6.33. The monoisotopic (exact) mass is 183 g/mol. The molecule has 0 heterocycles. The van der Waals surface area contributed by atoms with E-state index in [9.17, 15) is 0 Å². The largest absolute Gasteiger partial charge is 0.907 e. The van der Waals surface area contributed by atoms with Gasteiger partial charge in [0.15, 0.2) is 0 Å². The molecule has 0 atom stereocenters. The average Bonchev–Trinajstić information content (AvgIpc) is 1.65. The van der Waals surface area contributed by atoms with E-state index in [-0.39, 0.29) is 23.7 Å². The van der Waals surface area contributed by atoms with Crippen LogP contribution in [0.2, 0.25) is 0 Å². The molecular formula is C2H7BCuNO4-3. The van der Waals surface area contributed by atoms with Crippen LogP contribution in [0.25, 0.3) is 0 Å². The first kappa shape index (κ1) is 16.2. The Labute approximate surface area is 64.1 Å². The van der Waals surface area contributed by atoms with Gasteiger partial charge >= 0.3 is 0 Å². The van der Waals surface area contributed by atoms with E-state index in [1.807, 2.05) is 0 Å². The van der Waals surface area contributed by atoms with Crippen LogP contribution in [0.4, 0.5) is 0 Å². The molecule has 0 aliphatic rings. The van der Waals surface area contributed by atoms with Crippen LogP contribution in [0.15, 0.2) is 0 Å². The molecular weight excluding hydrogens is 176 g/mol. The van der Waals surface area contributed by atoms with Crippen LogP contribution >= 0.6 is 0 Å². The van der Waals surface area contributed by atoms with Crippen LogP contribution in [0.5, 0.6) is 0 Å². The van der Waals surface area contributed by atoms with Crippen LogP contribution < -0.4 is 20.8 Å². The van der Waals surface area contributed by atoms with Crippen LogP contribution in [0, 0.1) is 0 Å². The van der Waals surface area contributed by atoms with E-state index in [0.29, 0.717) is 6.54 Å². The predicted molar refractivity (Wildman–Crippen MR) is 21.9 cm³/mol. The summed E-state index contributed by atoms with van der Waals surface area (Å²) < 4.78 is 0. The second-order valence-corrected chi connectivity index (χ2v) is 0.801. The van der Waals surface area contributed by atoms with Gasteiger partial charge in [-0.1, -0.05) is 0 Å². The Bertz CT molecular complexity index is 35.0. The van der Waals surface area contributed by atoms with E-state index < -0.39 is 7.32 Å². The fourth-order valence-electron chi connectivity index (χ4n) is 0. The Morgan fingerprint density at radius 2 is 1.44 bits per heavy atom. The van der Waals surface area contributed by atoms with E-state index in [1.54, 1.807) is 0 Å². The molecule has 0 fully saturated rings. The third-order valence-electron chi connectivity index (χ3n) is 0.129. The number of rotatable bonds is 1. The number of hydrogen-bond acceptors (Lipinski definition) is 5. The molecule has 0 aromatic rings. The van der Waals surface area contributed by atoms with Gasteiger partial charge in [0.25, 0.3) is 0 Å². The van der Waals surface area contributed by atoms with Crippen molar-refractivity contribution in [2.24, 2.45) is 5.73 Å². The minimum Gasteiger partial charge on any atom is -0.907 e. The third kappa shape index (κ3) is 178. The van der Waals surface area contributed by atoms with Crippen molar-refractivity contribution in [1.82, 2.24) is 0 Å². The van der Waals surface area contributed by atoms with Gasteiger partial charge in [-0.25, -0.2) is 0 Å². The van der Waals surface area contributed by atoms with Gasteiger partial charge in [0.2, 0.25) is 0 Å². The first-order valence-electron chi connectivity index (χ1n) is 1.93. The van der Waals surface area contributed by atoms with Crippen molar-refractivity contribution >= 4 is 7.32 Å². The fraction of sp³-hybridized carbons (Fsp3) is 1.00. The molecule has 0 rings (SSSR count).